The number of hydrogen-bond donors (Lipinski definition) is 3. The number of methoxy groups -OCH3 is 2. The van der Waals surface area contributed by atoms with E-state index in [0.717, 1.165) is 10.0 Å². The van der Waals surface area contributed by atoms with Gasteiger partial charge in [-0.1, -0.05) is 51.3 Å². The van der Waals surface area contributed by atoms with Crippen LogP contribution in [0.1, 0.15) is 29.7 Å². The van der Waals surface area contributed by atoms with E-state index < -0.39 is 23.9 Å². The lowest BCUT2D eigenvalue weighted by Gasteiger charge is -2.28. The molecule has 0 saturated carbocycles. The van der Waals surface area contributed by atoms with Gasteiger partial charge in [-0.3, -0.25) is 4.79 Å². The highest BCUT2D eigenvalue weighted by Crippen LogP contribution is 2.34. The topological polar surface area (TPSA) is 137 Å². The number of hydrogen-bond acceptors (Lipinski definition) is 8. The van der Waals surface area contributed by atoms with Crippen molar-refractivity contribution in [1.82, 2.24) is 16.1 Å². The molecular weight excluding hydrogens is 679 g/mol. The summed E-state index contributed by atoms with van der Waals surface area (Å²) in [6, 6.07) is 14.2. The van der Waals surface area contributed by atoms with Crippen LogP contribution in [0.3, 0.4) is 0 Å². The van der Waals surface area contributed by atoms with Crippen LogP contribution in [-0.4, -0.2) is 44.9 Å². The van der Waals surface area contributed by atoms with E-state index in [1.54, 1.807) is 49.4 Å². The second kappa shape index (κ2) is 15.0. The monoisotopic (exact) mass is 704 g/mol. The number of esters is 1. The summed E-state index contributed by atoms with van der Waals surface area (Å²) in [5.74, 6) is -0.0432. The Morgan fingerprint density at radius 2 is 1.77 bits per heavy atom. The van der Waals surface area contributed by atoms with Crippen molar-refractivity contribution < 1.29 is 33.3 Å². The van der Waals surface area contributed by atoms with Crippen molar-refractivity contribution in [3.8, 4) is 17.2 Å². The first-order valence-corrected chi connectivity index (χ1v) is 14.5. The predicted molar refractivity (Wildman–Crippen MR) is 168 cm³/mol. The summed E-state index contributed by atoms with van der Waals surface area (Å²) >= 11 is 15.5. The molecular formula is C30H27BrCl2N4O7. The lowest BCUT2D eigenvalue weighted by atomic mass is 9.95. The highest BCUT2D eigenvalue weighted by Gasteiger charge is 2.32. The number of benzene rings is 3. The molecule has 3 aromatic carbocycles. The van der Waals surface area contributed by atoms with Crippen molar-refractivity contribution in [2.45, 2.75) is 19.6 Å². The largest absolute Gasteiger partial charge is 0.493 e. The van der Waals surface area contributed by atoms with E-state index in [9.17, 15) is 14.4 Å². The van der Waals surface area contributed by atoms with Crippen molar-refractivity contribution in [1.29, 1.82) is 0 Å². The van der Waals surface area contributed by atoms with Crippen molar-refractivity contribution in [2.24, 2.45) is 5.10 Å². The van der Waals surface area contributed by atoms with Crippen LogP contribution in [0.4, 0.5) is 4.79 Å². The Bertz CT molecular complexity index is 1650. The zero-order valence-corrected chi connectivity index (χ0v) is 26.8. The normalized spacial score (nSPS) is 14.5. The molecule has 3 amide bonds. The van der Waals surface area contributed by atoms with Gasteiger partial charge < -0.3 is 29.6 Å². The van der Waals surface area contributed by atoms with Crippen molar-refractivity contribution in [3.63, 3.8) is 0 Å². The minimum atomic E-state index is -0.785. The number of ether oxygens (including phenoxy) is 4. The number of nitrogens with zero attached hydrogens (tertiary/aromatic N) is 1. The van der Waals surface area contributed by atoms with Crippen LogP contribution in [-0.2, 0) is 20.9 Å². The van der Waals surface area contributed by atoms with Gasteiger partial charge in [-0.2, -0.15) is 5.10 Å². The number of carbonyl (C=O) groups excluding carboxylic acids is 3. The van der Waals surface area contributed by atoms with Crippen molar-refractivity contribution >= 4 is 63.3 Å². The van der Waals surface area contributed by atoms with Gasteiger partial charge in [0.2, 0.25) is 0 Å². The van der Waals surface area contributed by atoms with Crippen LogP contribution in [0.5, 0.6) is 17.2 Å². The Labute approximate surface area is 271 Å². The Morgan fingerprint density at radius 1 is 1.00 bits per heavy atom. The summed E-state index contributed by atoms with van der Waals surface area (Å²) < 4.78 is 22.7. The Hall–Kier alpha value is -4.26. The highest BCUT2D eigenvalue weighted by molar-refractivity contribution is 9.10. The fourth-order valence-corrected chi connectivity index (χ4v) is 4.90. The van der Waals surface area contributed by atoms with Crippen LogP contribution in [0.15, 0.2) is 75.4 Å². The zero-order chi connectivity index (χ0) is 31.8. The molecule has 1 atom stereocenters. The standard InChI is InChI=1S/C30H27BrCl2N4O7/c1-16-27(29(39)42-3)28(36-30(40)35-16)18-5-8-24(25(12-18)41-2)44-15-26(38)37-34-13-19-11-20(31)6-9-23(19)43-14-17-4-7-21(32)22(33)10-17/h4-13,28H,14-15H2,1-3H3,(H,37,38)(H2,35,36,40)/b34-13-/t28-/m0/s1. The highest BCUT2D eigenvalue weighted by atomic mass is 79.9. The van der Waals surface area contributed by atoms with Gasteiger partial charge in [-0.05, 0) is 60.5 Å². The lowest BCUT2D eigenvalue weighted by molar-refractivity contribution is -0.136. The Balaban J connectivity index is 1.39. The summed E-state index contributed by atoms with van der Waals surface area (Å²) in [5, 5.41) is 10.2. The van der Waals surface area contributed by atoms with Crippen LogP contribution >= 0.6 is 39.1 Å². The average molecular weight is 706 g/mol. The fourth-order valence-electron chi connectivity index (χ4n) is 4.20. The molecule has 0 aromatic heterocycles. The van der Waals surface area contributed by atoms with Gasteiger partial charge in [0.05, 0.1) is 42.1 Å². The van der Waals surface area contributed by atoms with E-state index in [-0.39, 0.29) is 30.3 Å². The number of hydrazone groups is 1. The number of allylic oxidation sites excluding steroid dienone is 1. The minimum absolute atomic E-state index is 0.240. The molecule has 0 spiro atoms. The van der Waals surface area contributed by atoms with Crippen molar-refractivity contribution in [2.75, 3.05) is 20.8 Å². The number of amides is 3. The molecule has 11 nitrogen and oxygen atoms in total. The van der Waals surface area contributed by atoms with E-state index in [4.69, 9.17) is 42.1 Å². The van der Waals surface area contributed by atoms with Gasteiger partial charge in [0.25, 0.3) is 5.91 Å². The van der Waals surface area contributed by atoms with Crippen LogP contribution in [0, 0.1) is 0 Å². The molecule has 0 fully saturated rings. The molecule has 230 valence electrons. The molecule has 3 N–H and O–H groups in total. The number of urea groups is 1. The smallest absolute Gasteiger partial charge is 0.337 e. The summed E-state index contributed by atoms with van der Waals surface area (Å²) in [4.78, 5) is 37.0. The van der Waals surface area contributed by atoms with Crippen molar-refractivity contribution in [3.05, 3.63) is 97.1 Å². The second-order valence-electron chi connectivity index (χ2n) is 9.27. The van der Waals surface area contributed by atoms with E-state index >= 15 is 0 Å². The molecule has 44 heavy (non-hydrogen) atoms. The Morgan fingerprint density at radius 3 is 2.50 bits per heavy atom. The summed E-state index contributed by atoms with van der Waals surface area (Å²) in [7, 11) is 2.69. The molecule has 14 heteroatoms. The first-order valence-electron chi connectivity index (χ1n) is 12.9. The van der Waals surface area contributed by atoms with Gasteiger partial charge in [0.1, 0.15) is 12.4 Å². The quantitative estimate of drug-likeness (QED) is 0.133. The van der Waals surface area contributed by atoms with Gasteiger partial charge in [0, 0.05) is 15.7 Å². The molecule has 4 rings (SSSR count). The molecule has 1 heterocycles. The van der Waals surface area contributed by atoms with Crippen LogP contribution < -0.4 is 30.3 Å². The zero-order valence-electron chi connectivity index (χ0n) is 23.7. The molecule has 3 aromatic rings. The molecule has 0 aliphatic carbocycles. The number of carbonyl (C=O) groups is 3. The van der Waals surface area contributed by atoms with Crippen LogP contribution in [0.25, 0.3) is 0 Å². The summed E-state index contributed by atoms with van der Waals surface area (Å²) in [5.41, 5.74) is 5.02. The number of halogens is 3. The second-order valence-corrected chi connectivity index (χ2v) is 11.0. The molecule has 0 bridgehead atoms. The van der Waals surface area contributed by atoms with E-state index in [2.05, 4.69) is 37.1 Å². The SMILES string of the molecule is COC(=O)C1=C(C)NC(=O)N[C@H]1c1ccc(OCC(=O)N/N=C\c2cc(Br)ccc2OCc2ccc(Cl)c(Cl)c2)c(OC)c1. The summed E-state index contributed by atoms with van der Waals surface area (Å²) in [6.07, 6.45) is 1.45. The van der Waals surface area contributed by atoms with E-state index in [0.29, 0.717) is 32.6 Å². The maximum absolute atomic E-state index is 12.5. The summed E-state index contributed by atoms with van der Waals surface area (Å²) in [6.45, 7) is 1.48. The maximum atomic E-state index is 12.5. The third kappa shape index (κ3) is 8.22. The Kier molecular flexibility index (Phi) is 11.1. The third-order valence-electron chi connectivity index (χ3n) is 6.30. The van der Waals surface area contributed by atoms with Gasteiger partial charge in [0.15, 0.2) is 18.1 Å². The van der Waals surface area contributed by atoms with Gasteiger partial charge >= 0.3 is 12.0 Å². The van der Waals surface area contributed by atoms with E-state index in [1.807, 2.05) is 12.1 Å². The molecule has 0 unspecified atom stereocenters. The molecule has 0 radical (unpaired) electrons. The fraction of sp³-hybridized carbons (Fsp3) is 0.200. The van der Waals surface area contributed by atoms with E-state index in [1.165, 1.54) is 20.4 Å². The predicted octanol–water partition coefficient (Wildman–Crippen LogP) is 5.67. The number of nitrogens with one attached hydrogen (secondary N) is 3. The number of rotatable bonds is 11. The first-order chi connectivity index (χ1) is 21.1. The van der Waals surface area contributed by atoms with Gasteiger partial charge in [-0.15, -0.1) is 0 Å². The van der Waals surface area contributed by atoms with Crippen LogP contribution in [0.2, 0.25) is 10.0 Å². The average Bonchev–Trinajstić information content (AvgIpc) is 3.00. The molecule has 1 aliphatic heterocycles. The minimum Gasteiger partial charge on any atom is -0.493 e. The third-order valence-corrected chi connectivity index (χ3v) is 7.53. The molecule has 1 aliphatic rings. The lowest BCUT2D eigenvalue weighted by Crippen LogP contribution is -2.45. The maximum Gasteiger partial charge on any atom is 0.337 e. The van der Waals surface area contributed by atoms with Gasteiger partial charge in [-0.25, -0.2) is 15.0 Å². The molecule has 0 saturated heterocycles. The first kappa shape index (κ1) is 32.6.